The summed E-state index contributed by atoms with van der Waals surface area (Å²) in [7, 11) is 0. The molecule has 0 aliphatic carbocycles. The van der Waals surface area contributed by atoms with E-state index >= 15 is 0 Å². The first kappa shape index (κ1) is 15.2. The van der Waals surface area contributed by atoms with Crippen molar-refractivity contribution in [3.05, 3.63) is 28.5 Å². The Morgan fingerprint density at radius 3 is 3.14 bits per heavy atom. The van der Waals surface area contributed by atoms with Gasteiger partial charge in [-0.25, -0.2) is 4.98 Å². The monoisotopic (exact) mass is 319 g/mol. The molecule has 2 N–H and O–H groups in total. The average Bonchev–Trinajstić information content (AvgIpc) is 3.15. The fraction of sp³-hybridized carbons (Fsp3) is 0.533. The van der Waals surface area contributed by atoms with Crippen LogP contribution in [0.15, 0.2) is 12.3 Å². The Bertz CT molecular complexity index is 657. The van der Waals surface area contributed by atoms with E-state index in [1.165, 1.54) is 11.3 Å². The van der Waals surface area contributed by atoms with E-state index in [1.807, 2.05) is 17.8 Å². The highest BCUT2D eigenvalue weighted by molar-refractivity contribution is 7.15. The summed E-state index contributed by atoms with van der Waals surface area (Å²) >= 11 is 1.51. The van der Waals surface area contributed by atoms with Crippen molar-refractivity contribution in [1.29, 1.82) is 0 Å². The lowest BCUT2D eigenvalue weighted by Crippen LogP contribution is -2.32. The van der Waals surface area contributed by atoms with Crippen LogP contribution in [-0.4, -0.2) is 33.8 Å². The molecule has 0 saturated carbocycles. The SMILES string of the molecule is CCc1nc(NC(=O)c2ccn(C3CCCNC3)n2)sc1C. The second kappa shape index (κ2) is 6.58. The lowest BCUT2D eigenvalue weighted by atomic mass is 10.1. The first-order valence-corrected chi connectivity index (χ1v) is 8.52. The van der Waals surface area contributed by atoms with Crippen molar-refractivity contribution in [2.45, 2.75) is 39.2 Å². The molecular formula is C15H21N5OS. The van der Waals surface area contributed by atoms with Gasteiger partial charge >= 0.3 is 0 Å². The Morgan fingerprint density at radius 2 is 2.45 bits per heavy atom. The Morgan fingerprint density at radius 1 is 1.59 bits per heavy atom. The number of nitrogens with zero attached hydrogens (tertiary/aromatic N) is 3. The minimum Gasteiger partial charge on any atom is -0.315 e. The zero-order valence-corrected chi connectivity index (χ0v) is 13.7. The average molecular weight is 319 g/mol. The molecule has 1 fully saturated rings. The second-order valence-electron chi connectivity index (χ2n) is 5.51. The topological polar surface area (TPSA) is 71.8 Å². The molecule has 22 heavy (non-hydrogen) atoms. The molecule has 1 amide bonds. The third-order valence-electron chi connectivity index (χ3n) is 3.93. The van der Waals surface area contributed by atoms with Gasteiger partial charge in [0.2, 0.25) is 0 Å². The van der Waals surface area contributed by atoms with Gasteiger partial charge in [0.15, 0.2) is 10.8 Å². The van der Waals surface area contributed by atoms with Crippen molar-refractivity contribution in [3.8, 4) is 0 Å². The maximum Gasteiger partial charge on any atom is 0.277 e. The normalized spacial score (nSPS) is 18.4. The summed E-state index contributed by atoms with van der Waals surface area (Å²) in [5, 5.41) is 11.3. The fourth-order valence-corrected chi connectivity index (χ4v) is 3.59. The Labute approximate surface area is 133 Å². The molecule has 0 bridgehead atoms. The van der Waals surface area contributed by atoms with E-state index in [0.717, 1.165) is 42.9 Å². The maximum atomic E-state index is 12.3. The van der Waals surface area contributed by atoms with E-state index in [9.17, 15) is 4.79 Å². The molecule has 2 aromatic rings. The summed E-state index contributed by atoms with van der Waals surface area (Å²) < 4.78 is 1.89. The number of hydrogen-bond acceptors (Lipinski definition) is 5. The molecule has 6 nitrogen and oxygen atoms in total. The highest BCUT2D eigenvalue weighted by Crippen LogP contribution is 2.23. The lowest BCUT2D eigenvalue weighted by molar-refractivity contribution is 0.102. The Hall–Kier alpha value is -1.73. The number of amides is 1. The van der Waals surface area contributed by atoms with Crippen LogP contribution in [0.2, 0.25) is 0 Å². The second-order valence-corrected chi connectivity index (χ2v) is 6.71. The molecule has 0 spiro atoms. The van der Waals surface area contributed by atoms with Crippen LogP contribution >= 0.6 is 11.3 Å². The summed E-state index contributed by atoms with van der Waals surface area (Å²) in [4.78, 5) is 17.9. The number of carbonyl (C=O) groups is 1. The predicted molar refractivity (Wildman–Crippen MR) is 87.5 cm³/mol. The van der Waals surface area contributed by atoms with Crippen molar-refractivity contribution in [3.63, 3.8) is 0 Å². The number of thiazole rings is 1. The van der Waals surface area contributed by atoms with Crippen LogP contribution in [0.4, 0.5) is 5.13 Å². The highest BCUT2D eigenvalue weighted by Gasteiger charge is 2.18. The third-order valence-corrected chi connectivity index (χ3v) is 4.86. The third kappa shape index (κ3) is 3.20. The number of aromatic nitrogens is 3. The van der Waals surface area contributed by atoms with Crippen LogP contribution < -0.4 is 10.6 Å². The van der Waals surface area contributed by atoms with Crippen molar-refractivity contribution < 1.29 is 4.79 Å². The van der Waals surface area contributed by atoms with Crippen LogP contribution in [0.1, 0.15) is 46.9 Å². The molecule has 1 saturated heterocycles. The lowest BCUT2D eigenvalue weighted by Gasteiger charge is -2.22. The number of carbonyl (C=O) groups excluding carboxylic acids is 1. The molecule has 2 aromatic heterocycles. The number of aryl methyl sites for hydroxylation is 2. The zero-order valence-electron chi connectivity index (χ0n) is 12.9. The van der Waals surface area contributed by atoms with E-state index in [0.29, 0.717) is 16.9 Å². The van der Waals surface area contributed by atoms with E-state index in [2.05, 4.69) is 27.6 Å². The van der Waals surface area contributed by atoms with Crippen LogP contribution in [0, 0.1) is 6.92 Å². The van der Waals surface area contributed by atoms with E-state index in [-0.39, 0.29) is 5.91 Å². The van der Waals surface area contributed by atoms with Crippen LogP contribution in [0.25, 0.3) is 0 Å². The first-order chi connectivity index (χ1) is 10.7. The van der Waals surface area contributed by atoms with Crippen molar-refractivity contribution in [1.82, 2.24) is 20.1 Å². The number of anilines is 1. The first-order valence-electron chi connectivity index (χ1n) is 7.71. The van der Waals surface area contributed by atoms with Gasteiger partial charge in [0.25, 0.3) is 5.91 Å². The molecule has 3 rings (SSSR count). The molecule has 1 atom stereocenters. The minimum atomic E-state index is -0.195. The molecule has 1 aliphatic rings. The molecular weight excluding hydrogens is 298 g/mol. The molecule has 118 valence electrons. The summed E-state index contributed by atoms with van der Waals surface area (Å²) in [5.41, 5.74) is 1.48. The van der Waals surface area contributed by atoms with Gasteiger partial charge in [-0.2, -0.15) is 5.10 Å². The Kier molecular flexibility index (Phi) is 4.54. The van der Waals surface area contributed by atoms with Crippen LogP contribution in [0.3, 0.4) is 0 Å². The van der Waals surface area contributed by atoms with Gasteiger partial charge in [-0.1, -0.05) is 6.92 Å². The summed E-state index contributed by atoms with van der Waals surface area (Å²) in [6.45, 7) is 6.06. The van der Waals surface area contributed by atoms with E-state index < -0.39 is 0 Å². The molecule has 0 radical (unpaired) electrons. The highest BCUT2D eigenvalue weighted by atomic mass is 32.1. The number of rotatable bonds is 4. The maximum absolute atomic E-state index is 12.3. The van der Waals surface area contributed by atoms with Gasteiger partial charge < -0.3 is 5.32 Å². The van der Waals surface area contributed by atoms with Crippen molar-refractivity contribution in [2.75, 3.05) is 18.4 Å². The van der Waals surface area contributed by atoms with E-state index in [1.54, 1.807) is 6.07 Å². The summed E-state index contributed by atoms with van der Waals surface area (Å²) in [5.74, 6) is -0.195. The fourth-order valence-electron chi connectivity index (χ4n) is 2.69. The van der Waals surface area contributed by atoms with Gasteiger partial charge in [-0.3, -0.25) is 14.8 Å². The number of piperidine rings is 1. The van der Waals surface area contributed by atoms with Gasteiger partial charge in [-0.15, -0.1) is 11.3 Å². The summed E-state index contributed by atoms with van der Waals surface area (Å²) in [6.07, 6.45) is 5.00. The van der Waals surface area contributed by atoms with Crippen LogP contribution in [-0.2, 0) is 6.42 Å². The summed E-state index contributed by atoms with van der Waals surface area (Å²) in [6, 6.07) is 2.11. The van der Waals surface area contributed by atoms with Crippen molar-refractivity contribution in [2.24, 2.45) is 0 Å². The predicted octanol–water partition coefficient (Wildman–Crippen LogP) is 2.39. The van der Waals surface area contributed by atoms with Crippen LogP contribution in [0.5, 0.6) is 0 Å². The minimum absolute atomic E-state index is 0.195. The van der Waals surface area contributed by atoms with Gasteiger partial charge in [0.1, 0.15) is 0 Å². The zero-order chi connectivity index (χ0) is 15.5. The van der Waals surface area contributed by atoms with Gasteiger partial charge in [0.05, 0.1) is 11.7 Å². The number of hydrogen-bond donors (Lipinski definition) is 2. The van der Waals surface area contributed by atoms with Crippen molar-refractivity contribution >= 4 is 22.4 Å². The molecule has 7 heteroatoms. The Balaban J connectivity index is 1.68. The molecule has 3 heterocycles. The largest absolute Gasteiger partial charge is 0.315 e. The quantitative estimate of drug-likeness (QED) is 0.907. The molecule has 1 unspecified atom stereocenters. The standard InChI is InChI=1S/C15H21N5OS/c1-3-12-10(2)22-15(17-12)18-14(21)13-6-8-20(19-13)11-5-4-7-16-9-11/h6,8,11,16H,3-5,7,9H2,1-2H3,(H,17,18,21). The van der Waals surface area contributed by atoms with Gasteiger partial charge in [-0.05, 0) is 38.8 Å². The molecule has 1 aliphatic heterocycles. The number of nitrogens with one attached hydrogen (secondary N) is 2. The molecule has 0 aromatic carbocycles. The smallest absolute Gasteiger partial charge is 0.277 e. The van der Waals surface area contributed by atoms with E-state index in [4.69, 9.17) is 0 Å². The van der Waals surface area contributed by atoms with Gasteiger partial charge in [0, 0.05) is 17.6 Å².